The number of hydrogen-bond donors (Lipinski definition) is 1. The molecule has 0 radical (unpaired) electrons. The van der Waals surface area contributed by atoms with Crippen molar-refractivity contribution in [2.24, 2.45) is 0 Å². The third-order valence-corrected chi connectivity index (χ3v) is 3.78. The molecule has 0 spiro atoms. The number of aromatic nitrogens is 2. The van der Waals surface area contributed by atoms with Crippen molar-refractivity contribution < 1.29 is 4.74 Å². The van der Waals surface area contributed by atoms with E-state index in [4.69, 9.17) is 4.74 Å². The molecule has 21 heavy (non-hydrogen) atoms. The number of hydrogen-bond acceptors (Lipinski definition) is 6. The molecular formula is C15H23N5O. The van der Waals surface area contributed by atoms with Gasteiger partial charge in [0.05, 0.1) is 18.4 Å². The zero-order valence-electron chi connectivity index (χ0n) is 13.0. The Morgan fingerprint density at radius 3 is 2.76 bits per heavy atom. The average molecular weight is 289 g/mol. The van der Waals surface area contributed by atoms with Crippen molar-refractivity contribution in [2.45, 2.75) is 32.8 Å². The summed E-state index contributed by atoms with van der Waals surface area (Å²) in [5.41, 5.74) is 2.58. The molecule has 6 heteroatoms. The van der Waals surface area contributed by atoms with Crippen LogP contribution in [0.1, 0.15) is 30.7 Å². The molecule has 1 N–H and O–H groups in total. The molecule has 6 nitrogen and oxygen atoms in total. The van der Waals surface area contributed by atoms with Crippen molar-refractivity contribution in [3.05, 3.63) is 16.8 Å². The van der Waals surface area contributed by atoms with E-state index in [-0.39, 0.29) is 6.10 Å². The number of nitrogens with one attached hydrogen (secondary N) is 1. The van der Waals surface area contributed by atoms with Crippen molar-refractivity contribution in [1.82, 2.24) is 15.5 Å². The molecule has 1 unspecified atom stereocenters. The third kappa shape index (κ3) is 3.49. The molecule has 1 aliphatic heterocycles. The molecule has 1 saturated heterocycles. The number of morpholine rings is 1. The van der Waals surface area contributed by atoms with Gasteiger partial charge in [0, 0.05) is 26.7 Å². The van der Waals surface area contributed by atoms with Gasteiger partial charge in [0.15, 0.2) is 5.82 Å². The number of likely N-dealkylation sites (N-methyl/N-ethyl adjacent to an activating group) is 1. The highest BCUT2D eigenvalue weighted by atomic mass is 16.5. The van der Waals surface area contributed by atoms with Crippen LogP contribution in [0, 0.1) is 11.3 Å². The van der Waals surface area contributed by atoms with Gasteiger partial charge < -0.3 is 15.0 Å². The first-order valence-electron chi connectivity index (χ1n) is 7.53. The average Bonchev–Trinajstić information content (AvgIpc) is 2.53. The summed E-state index contributed by atoms with van der Waals surface area (Å²) in [6.07, 6.45) is 1.71. The maximum Gasteiger partial charge on any atom is 0.169 e. The van der Waals surface area contributed by atoms with Gasteiger partial charge in [0.2, 0.25) is 0 Å². The minimum absolute atomic E-state index is 0.119. The molecule has 0 aromatic carbocycles. The summed E-state index contributed by atoms with van der Waals surface area (Å²) in [5.74, 6) is 0.653. The van der Waals surface area contributed by atoms with Crippen LogP contribution in [0.2, 0.25) is 0 Å². The molecule has 1 aliphatic rings. The van der Waals surface area contributed by atoms with Crippen molar-refractivity contribution in [3.8, 4) is 6.07 Å². The highest BCUT2D eigenvalue weighted by Gasteiger charge is 2.21. The fourth-order valence-corrected chi connectivity index (χ4v) is 2.68. The monoisotopic (exact) mass is 289 g/mol. The standard InChI is InChI=1S/C15H23N5O/c1-4-12-13(8-16)15(19-18-14(12)5-2)20(3)10-11-9-17-6-7-21-11/h11,17H,4-7,9-10H2,1-3H3. The summed E-state index contributed by atoms with van der Waals surface area (Å²) in [6, 6.07) is 2.31. The quantitative estimate of drug-likeness (QED) is 0.868. The van der Waals surface area contributed by atoms with Gasteiger partial charge in [-0.1, -0.05) is 13.8 Å². The van der Waals surface area contributed by atoms with Crippen LogP contribution in [0.4, 0.5) is 5.82 Å². The number of ether oxygens (including phenoxy) is 1. The topological polar surface area (TPSA) is 74.1 Å². The molecule has 114 valence electrons. The van der Waals surface area contributed by atoms with Crippen molar-refractivity contribution in [3.63, 3.8) is 0 Å². The molecule has 2 rings (SSSR count). The molecule has 0 bridgehead atoms. The summed E-state index contributed by atoms with van der Waals surface area (Å²) >= 11 is 0. The van der Waals surface area contributed by atoms with Crippen LogP contribution in [-0.4, -0.2) is 49.6 Å². The van der Waals surface area contributed by atoms with Crippen LogP contribution in [0.3, 0.4) is 0 Å². The highest BCUT2D eigenvalue weighted by molar-refractivity contribution is 5.57. The van der Waals surface area contributed by atoms with E-state index in [1.54, 1.807) is 0 Å². The molecule has 0 saturated carbocycles. The van der Waals surface area contributed by atoms with E-state index in [0.29, 0.717) is 17.9 Å². The molecule has 0 aliphatic carbocycles. The Bertz CT molecular complexity index is 520. The smallest absolute Gasteiger partial charge is 0.169 e. The minimum Gasteiger partial charge on any atom is -0.374 e. The molecular weight excluding hydrogens is 266 g/mol. The first kappa shape index (κ1) is 15.7. The number of aryl methyl sites for hydroxylation is 1. The lowest BCUT2D eigenvalue weighted by Crippen LogP contribution is -2.44. The predicted octanol–water partition coefficient (Wildman–Crippen LogP) is 0.898. The fraction of sp³-hybridized carbons (Fsp3) is 0.667. The number of nitriles is 1. The molecule has 1 fully saturated rings. The predicted molar refractivity (Wildman–Crippen MR) is 81.4 cm³/mol. The first-order chi connectivity index (χ1) is 10.2. The van der Waals surface area contributed by atoms with Crippen LogP contribution in [0.25, 0.3) is 0 Å². The van der Waals surface area contributed by atoms with Crippen molar-refractivity contribution >= 4 is 5.82 Å². The van der Waals surface area contributed by atoms with Gasteiger partial charge in [-0.25, -0.2) is 0 Å². The SMILES string of the molecule is CCc1nnc(N(C)CC2CNCCO2)c(C#N)c1CC. The lowest BCUT2D eigenvalue weighted by Gasteiger charge is -2.29. The molecule has 1 aromatic heterocycles. The van der Waals surface area contributed by atoms with E-state index in [0.717, 1.165) is 43.8 Å². The Morgan fingerprint density at radius 1 is 1.38 bits per heavy atom. The zero-order chi connectivity index (χ0) is 15.2. The third-order valence-electron chi connectivity index (χ3n) is 3.78. The second-order valence-electron chi connectivity index (χ2n) is 5.22. The van der Waals surface area contributed by atoms with Crippen LogP contribution >= 0.6 is 0 Å². The normalized spacial score (nSPS) is 18.3. The Morgan fingerprint density at radius 2 is 2.19 bits per heavy atom. The van der Waals surface area contributed by atoms with E-state index < -0.39 is 0 Å². The van der Waals surface area contributed by atoms with Crippen LogP contribution in [-0.2, 0) is 17.6 Å². The Kier molecular flexibility index (Phi) is 5.48. The second-order valence-corrected chi connectivity index (χ2v) is 5.22. The molecule has 1 atom stereocenters. The largest absolute Gasteiger partial charge is 0.374 e. The summed E-state index contributed by atoms with van der Waals surface area (Å²) in [4.78, 5) is 1.97. The summed E-state index contributed by atoms with van der Waals surface area (Å²) in [7, 11) is 1.94. The van der Waals surface area contributed by atoms with Crippen LogP contribution in [0.15, 0.2) is 0 Å². The lowest BCUT2D eigenvalue weighted by molar-refractivity contribution is 0.0339. The van der Waals surface area contributed by atoms with Crippen LogP contribution < -0.4 is 10.2 Å². The van der Waals surface area contributed by atoms with Gasteiger partial charge in [0.1, 0.15) is 11.6 Å². The van der Waals surface area contributed by atoms with Gasteiger partial charge in [-0.05, 0) is 18.4 Å². The van der Waals surface area contributed by atoms with E-state index in [1.807, 2.05) is 18.9 Å². The number of nitrogens with zero attached hydrogens (tertiary/aromatic N) is 4. The van der Waals surface area contributed by atoms with E-state index in [9.17, 15) is 5.26 Å². The van der Waals surface area contributed by atoms with Gasteiger partial charge >= 0.3 is 0 Å². The van der Waals surface area contributed by atoms with E-state index in [2.05, 4.69) is 28.5 Å². The Labute approximate surface area is 126 Å². The summed E-state index contributed by atoms with van der Waals surface area (Å²) in [6.45, 7) is 7.24. The Hall–Kier alpha value is -1.71. The number of anilines is 1. The van der Waals surface area contributed by atoms with Gasteiger partial charge in [0.25, 0.3) is 0 Å². The summed E-state index contributed by atoms with van der Waals surface area (Å²) in [5, 5.41) is 21.4. The minimum atomic E-state index is 0.119. The second kappa shape index (κ2) is 7.34. The number of rotatable bonds is 5. The van der Waals surface area contributed by atoms with Crippen LogP contribution in [0.5, 0.6) is 0 Å². The van der Waals surface area contributed by atoms with Crippen molar-refractivity contribution in [2.75, 3.05) is 38.2 Å². The van der Waals surface area contributed by atoms with E-state index >= 15 is 0 Å². The van der Waals surface area contributed by atoms with Crippen molar-refractivity contribution in [1.29, 1.82) is 5.26 Å². The zero-order valence-corrected chi connectivity index (χ0v) is 13.0. The first-order valence-corrected chi connectivity index (χ1v) is 7.53. The lowest BCUT2D eigenvalue weighted by atomic mass is 10.0. The summed E-state index contributed by atoms with van der Waals surface area (Å²) < 4.78 is 5.71. The maximum atomic E-state index is 9.52. The maximum absolute atomic E-state index is 9.52. The molecule has 0 amide bonds. The Balaban J connectivity index is 2.23. The molecule has 1 aromatic rings. The van der Waals surface area contributed by atoms with Gasteiger partial charge in [-0.3, -0.25) is 0 Å². The van der Waals surface area contributed by atoms with Gasteiger partial charge in [-0.2, -0.15) is 10.4 Å². The fourth-order valence-electron chi connectivity index (χ4n) is 2.68. The highest BCUT2D eigenvalue weighted by Crippen LogP contribution is 2.22. The van der Waals surface area contributed by atoms with Gasteiger partial charge in [-0.15, -0.1) is 5.10 Å². The molecule has 2 heterocycles. The van der Waals surface area contributed by atoms with E-state index in [1.165, 1.54) is 0 Å².